The van der Waals surface area contributed by atoms with E-state index < -0.39 is 0 Å². The van der Waals surface area contributed by atoms with E-state index in [0.717, 1.165) is 16.6 Å². The zero-order valence-electron chi connectivity index (χ0n) is 16.4. The van der Waals surface area contributed by atoms with Gasteiger partial charge in [-0.2, -0.15) is 0 Å². The number of anilines is 1. The van der Waals surface area contributed by atoms with E-state index >= 15 is 0 Å². The number of hydrogen-bond acceptors (Lipinski definition) is 4. The predicted molar refractivity (Wildman–Crippen MR) is 117 cm³/mol. The van der Waals surface area contributed by atoms with Crippen LogP contribution < -0.4 is 9.64 Å². The molecule has 0 fully saturated rings. The van der Waals surface area contributed by atoms with Crippen molar-refractivity contribution in [2.75, 3.05) is 45.2 Å². The van der Waals surface area contributed by atoms with Crippen LogP contribution in [0.25, 0.3) is 0 Å². The van der Waals surface area contributed by atoms with Crippen LogP contribution in [0.2, 0.25) is 5.02 Å². The molecule has 0 atom stereocenters. The van der Waals surface area contributed by atoms with Gasteiger partial charge in [0.1, 0.15) is 12.3 Å². The first-order valence-electron chi connectivity index (χ1n) is 9.23. The molecule has 0 saturated carbocycles. The van der Waals surface area contributed by atoms with Crippen LogP contribution in [0, 0.1) is 0 Å². The Morgan fingerprint density at radius 1 is 1.17 bits per heavy atom. The molecule has 0 bridgehead atoms. The summed E-state index contributed by atoms with van der Waals surface area (Å²) in [6.45, 7) is 1.62. The fraction of sp³-hybridized carbons (Fsp3) is 0.333. The molecular formula is C21H23BrClN3O3. The minimum absolute atomic E-state index is 0.0299. The van der Waals surface area contributed by atoms with Crippen LogP contribution >= 0.6 is 27.5 Å². The molecule has 0 aliphatic carbocycles. The van der Waals surface area contributed by atoms with Gasteiger partial charge < -0.3 is 14.5 Å². The molecule has 154 valence electrons. The third-order valence-corrected chi connectivity index (χ3v) is 5.36. The molecule has 8 heteroatoms. The molecule has 0 saturated heterocycles. The highest BCUT2D eigenvalue weighted by Gasteiger charge is 2.29. The molecule has 0 aromatic heterocycles. The molecule has 0 unspecified atom stereocenters. The lowest BCUT2D eigenvalue weighted by Gasteiger charge is -2.32. The van der Waals surface area contributed by atoms with E-state index in [-0.39, 0.29) is 25.0 Å². The Hall–Kier alpha value is -2.09. The van der Waals surface area contributed by atoms with Gasteiger partial charge in [-0.25, -0.2) is 0 Å². The number of fused-ring (bicyclic) bond motifs is 1. The minimum atomic E-state index is -0.229. The molecule has 2 amide bonds. The number of hydrogen-bond donors (Lipinski definition) is 0. The van der Waals surface area contributed by atoms with Gasteiger partial charge in [-0.1, -0.05) is 39.7 Å². The second-order valence-electron chi connectivity index (χ2n) is 7.13. The largest absolute Gasteiger partial charge is 0.482 e. The third kappa shape index (κ3) is 5.72. The molecule has 1 aliphatic rings. The smallest absolute Gasteiger partial charge is 0.265 e. The van der Waals surface area contributed by atoms with Crippen LogP contribution in [-0.2, 0) is 16.1 Å². The third-order valence-electron chi connectivity index (χ3n) is 4.61. The number of ether oxygens (including phenoxy) is 1. The van der Waals surface area contributed by atoms with Crippen molar-refractivity contribution in [2.24, 2.45) is 0 Å². The number of likely N-dealkylation sites (N-methyl/N-ethyl adjacent to an activating group) is 1. The van der Waals surface area contributed by atoms with Crippen molar-refractivity contribution >= 4 is 45.0 Å². The Bertz CT molecular complexity index is 889. The Morgan fingerprint density at radius 3 is 2.59 bits per heavy atom. The van der Waals surface area contributed by atoms with Gasteiger partial charge in [-0.3, -0.25) is 14.5 Å². The van der Waals surface area contributed by atoms with Crippen molar-refractivity contribution in [3.63, 3.8) is 0 Å². The second-order valence-corrected chi connectivity index (χ2v) is 8.48. The number of halogens is 2. The van der Waals surface area contributed by atoms with Crippen LogP contribution in [-0.4, -0.2) is 62.0 Å². The minimum Gasteiger partial charge on any atom is -0.482 e. The SMILES string of the molecule is CN(C)CCN(Cc1ccc(Cl)cc1)C(=O)CN1C(=O)COc2cc(Br)ccc21. The van der Waals surface area contributed by atoms with Crippen molar-refractivity contribution in [3.05, 3.63) is 57.5 Å². The lowest BCUT2D eigenvalue weighted by Crippen LogP contribution is -2.47. The van der Waals surface area contributed by atoms with Crippen LogP contribution in [0.4, 0.5) is 5.69 Å². The topological polar surface area (TPSA) is 53.1 Å². The summed E-state index contributed by atoms with van der Waals surface area (Å²) >= 11 is 9.37. The van der Waals surface area contributed by atoms with Crippen molar-refractivity contribution in [3.8, 4) is 5.75 Å². The van der Waals surface area contributed by atoms with Crippen LogP contribution in [0.5, 0.6) is 5.75 Å². The number of rotatable bonds is 7. The first-order chi connectivity index (χ1) is 13.8. The Balaban J connectivity index is 1.78. The molecule has 3 rings (SSSR count). The van der Waals surface area contributed by atoms with E-state index in [1.807, 2.05) is 49.3 Å². The van der Waals surface area contributed by atoms with Crippen LogP contribution in [0.15, 0.2) is 46.9 Å². The quantitative estimate of drug-likeness (QED) is 0.609. The zero-order valence-corrected chi connectivity index (χ0v) is 18.7. The van der Waals surface area contributed by atoms with Gasteiger partial charge >= 0.3 is 0 Å². The summed E-state index contributed by atoms with van der Waals surface area (Å²) in [5.74, 6) is 0.238. The molecule has 0 N–H and O–H groups in total. The Morgan fingerprint density at radius 2 is 1.90 bits per heavy atom. The summed E-state index contributed by atoms with van der Waals surface area (Å²) in [5, 5.41) is 0.654. The molecule has 1 heterocycles. The summed E-state index contributed by atoms with van der Waals surface area (Å²) in [5.41, 5.74) is 1.59. The number of carbonyl (C=O) groups excluding carboxylic acids is 2. The number of nitrogens with zero attached hydrogens (tertiary/aromatic N) is 3. The zero-order chi connectivity index (χ0) is 21.0. The van der Waals surface area contributed by atoms with Gasteiger partial charge in [-0.05, 0) is 50.0 Å². The van der Waals surface area contributed by atoms with Crippen LogP contribution in [0.1, 0.15) is 5.56 Å². The van der Waals surface area contributed by atoms with E-state index in [1.54, 1.807) is 17.0 Å². The highest BCUT2D eigenvalue weighted by atomic mass is 79.9. The average molecular weight is 481 g/mol. The summed E-state index contributed by atoms with van der Waals surface area (Å²) in [6, 6.07) is 12.9. The van der Waals surface area contributed by atoms with E-state index in [2.05, 4.69) is 15.9 Å². The maximum Gasteiger partial charge on any atom is 0.265 e. The first-order valence-corrected chi connectivity index (χ1v) is 10.4. The van der Waals surface area contributed by atoms with Crippen molar-refractivity contribution in [1.29, 1.82) is 0 Å². The summed E-state index contributed by atoms with van der Waals surface area (Å²) in [4.78, 5) is 30.9. The standard InChI is InChI=1S/C21H23BrClN3O3/c1-24(2)9-10-25(12-15-3-6-17(23)7-4-15)20(27)13-26-18-8-5-16(22)11-19(18)29-14-21(26)28/h3-8,11H,9-10,12-14H2,1-2H3. The first kappa shape index (κ1) is 21.6. The van der Waals surface area contributed by atoms with E-state index in [4.69, 9.17) is 16.3 Å². The van der Waals surface area contributed by atoms with Gasteiger partial charge in [0.25, 0.3) is 5.91 Å². The number of amides is 2. The highest BCUT2D eigenvalue weighted by molar-refractivity contribution is 9.10. The second kappa shape index (κ2) is 9.61. The fourth-order valence-electron chi connectivity index (χ4n) is 3.01. The van der Waals surface area contributed by atoms with Gasteiger partial charge in [-0.15, -0.1) is 0 Å². The van der Waals surface area contributed by atoms with E-state index in [0.29, 0.717) is 29.5 Å². The molecule has 0 spiro atoms. The van der Waals surface area contributed by atoms with Crippen molar-refractivity contribution < 1.29 is 14.3 Å². The van der Waals surface area contributed by atoms with Gasteiger partial charge in [0, 0.05) is 29.1 Å². The predicted octanol–water partition coefficient (Wildman–Crippen LogP) is 3.42. The Labute approximate surface area is 184 Å². The lowest BCUT2D eigenvalue weighted by atomic mass is 10.2. The molecule has 29 heavy (non-hydrogen) atoms. The van der Waals surface area contributed by atoms with Gasteiger partial charge in [0.2, 0.25) is 5.91 Å². The monoisotopic (exact) mass is 479 g/mol. The number of carbonyl (C=O) groups is 2. The fourth-order valence-corrected chi connectivity index (χ4v) is 3.48. The average Bonchev–Trinajstić information content (AvgIpc) is 2.68. The van der Waals surface area contributed by atoms with E-state index in [1.165, 1.54) is 4.90 Å². The molecular weight excluding hydrogens is 458 g/mol. The normalized spacial score (nSPS) is 13.3. The van der Waals surface area contributed by atoms with Crippen LogP contribution in [0.3, 0.4) is 0 Å². The summed E-state index contributed by atoms with van der Waals surface area (Å²) in [7, 11) is 3.93. The summed E-state index contributed by atoms with van der Waals surface area (Å²) < 4.78 is 6.36. The number of benzene rings is 2. The Kier molecular flexibility index (Phi) is 7.16. The molecule has 2 aromatic carbocycles. The maximum atomic E-state index is 13.2. The maximum absolute atomic E-state index is 13.2. The van der Waals surface area contributed by atoms with E-state index in [9.17, 15) is 9.59 Å². The van der Waals surface area contributed by atoms with Crippen molar-refractivity contribution in [2.45, 2.75) is 6.54 Å². The molecule has 2 aromatic rings. The lowest BCUT2D eigenvalue weighted by molar-refractivity contribution is -0.132. The highest BCUT2D eigenvalue weighted by Crippen LogP contribution is 2.34. The van der Waals surface area contributed by atoms with Crippen molar-refractivity contribution in [1.82, 2.24) is 9.80 Å². The molecule has 1 aliphatic heterocycles. The molecule has 0 radical (unpaired) electrons. The summed E-state index contributed by atoms with van der Waals surface area (Å²) in [6.07, 6.45) is 0. The molecule has 6 nitrogen and oxygen atoms in total. The van der Waals surface area contributed by atoms with Gasteiger partial charge in [0.15, 0.2) is 6.61 Å². The van der Waals surface area contributed by atoms with Gasteiger partial charge in [0.05, 0.1) is 5.69 Å².